The van der Waals surface area contributed by atoms with E-state index in [1.165, 1.54) is 0 Å². The molecule has 0 aliphatic carbocycles. The minimum Gasteiger partial charge on any atom is -0.467 e. The third-order valence-corrected chi connectivity index (χ3v) is 1.70. The second-order valence-corrected chi connectivity index (χ2v) is 2.62. The molecule has 0 radical (unpaired) electrons. The number of nitrogens with zero attached hydrogens (tertiary/aromatic N) is 3. The minimum atomic E-state index is 0.522. The van der Waals surface area contributed by atoms with Gasteiger partial charge >= 0.3 is 6.01 Å². The van der Waals surface area contributed by atoms with Gasteiger partial charge in [-0.1, -0.05) is 11.2 Å². The summed E-state index contributed by atoms with van der Waals surface area (Å²) in [7, 11) is 1.58. The molecular weight excluding hydrogens is 154 g/mol. The highest BCUT2D eigenvalue weighted by Crippen LogP contribution is 2.10. The lowest BCUT2D eigenvalue weighted by atomic mass is 10.3. The van der Waals surface area contributed by atoms with E-state index < -0.39 is 0 Å². The standard InChI is InChI=1S/C8H9N3O/c1-6-3-4-7-9-10-8(12-2)11(7)5-6/h3-5H,1-2H3. The smallest absolute Gasteiger partial charge is 0.321 e. The van der Waals surface area contributed by atoms with Crippen LogP contribution in [0.1, 0.15) is 5.56 Å². The molecule has 0 spiro atoms. The zero-order chi connectivity index (χ0) is 8.55. The van der Waals surface area contributed by atoms with Crippen molar-refractivity contribution in [3.63, 3.8) is 0 Å². The van der Waals surface area contributed by atoms with Gasteiger partial charge in [-0.2, -0.15) is 0 Å². The second-order valence-electron chi connectivity index (χ2n) is 2.62. The molecule has 12 heavy (non-hydrogen) atoms. The molecule has 2 heterocycles. The van der Waals surface area contributed by atoms with E-state index in [0.717, 1.165) is 11.2 Å². The maximum atomic E-state index is 5.01. The first-order chi connectivity index (χ1) is 5.81. The summed E-state index contributed by atoms with van der Waals surface area (Å²) in [6.45, 7) is 2.01. The van der Waals surface area contributed by atoms with Crippen LogP contribution < -0.4 is 4.74 Å². The van der Waals surface area contributed by atoms with Gasteiger partial charge in [0.25, 0.3) is 0 Å². The van der Waals surface area contributed by atoms with Gasteiger partial charge in [-0.3, -0.25) is 4.40 Å². The fraction of sp³-hybridized carbons (Fsp3) is 0.250. The molecule has 0 aromatic carbocycles. The number of ether oxygens (including phenoxy) is 1. The van der Waals surface area contributed by atoms with Crippen molar-refractivity contribution in [2.45, 2.75) is 6.92 Å². The lowest BCUT2D eigenvalue weighted by molar-refractivity contribution is 0.375. The summed E-state index contributed by atoms with van der Waals surface area (Å²) in [5.74, 6) is 0. The highest BCUT2D eigenvalue weighted by atomic mass is 16.5. The van der Waals surface area contributed by atoms with Crippen molar-refractivity contribution in [3.8, 4) is 6.01 Å². The molecule has 0 unspecified atom stereocenters. The summed E-state index contributed by atoms with van der Waals surface area (Å²) in [5, 5.41) is 7.76. The molecule has 4 heteroatoms. The lowest BCUT2D eigenvalue weighted by Crippen LogP contribution is -1.91. The second kappa shape index (κ2) is 2.48. The molecule has 0 N–H and O–H groups in total. The van der Waals surface area contributed by atoms with Crippen molar-refractivity contribution < 1.29 is 4.74 Å². The van der Waals surface area contributed by atoms with Gasteiger partial charge in [0.1, 0.15) is 0 Å². The number of fused-ring (bicyclic) bond motifs is 1. The number of methoxy groups -OCH3 is 1. The van der Waals surface area contributed by atoms with Crippen molar-refractivity contribution in [3.05, 3.63) is 23.9 Å². The Kier molecular flexibility index (Phi) is 1.46. The summed E-state index contributed by atoms with van der Waals surface area (Å²) in [6.07, 6.45) is 1.94. The average Bonchev–Trinajstić information content (AvgIpc) is 2.46. The van der Waals surface area contributed by atoms with E-state index in [9.17, 15) is 0 Å². The molecule has 2 aromatic heterocycles. The van der Waals surface area contributed by atoms with E-state index >= 15 is 0 Å². The molecule has 0 saturated carbocycles. The molecule has 0 amide bonds. The van der Waals surface area contributed by atoms with Crippen LogP contribution in [0.25, 0.3) is 5.65 Å². The van der Waals surface area contributed by atoms with Gasteiger partial charge in [-0.15, -0.1) is 5.10 Å². The predicted molar refractivity (Wildman–Crippen MR) is 44.3 cm³/mol. The third kappa shape index (κ3) is 0.922. The summed E-state index contributed by atoms with van der Waals surface area (Å²) >= 11 is 0. The zero-order valence-electron chi connectivity index (χ0n) is 6.98. The molecule has 0 atom stereocenters. The van der Waals surface area contributed by atoms with Crippen LogP contribution in [0.15, 0.2) is 18.3 Å². The van der Waals surface area contributed by atoms with Gasteiger partial charge < -0.3 is 4.74 Å². The molecular formula is C8H9N3O. The van der Waals surface area contributed by atoms with Crippen LogP contribution in [0, 0.1) is 6.92 Å². The molecule has 0 fully saturated rings. The topological polar surface area (TPSA) is 39.4 Å². The molecule has 62 valence electrons. The van der Waals surface area contributed by atoms with Gasteiger partial charge in [0, 0.05) is 6.20 Å². The van der Waals surface area contributed by atoms with Crippen LogP contribution in [0.2, 0.25) is 0 Å². The van der Waals surface area contributed by atoms with Gasteiger partial charge in [0.15, 0.2) is 5.65 Å². The number of rotatable bonds is 1. The van der Waals surface area contributed by atoms with Gasteiger partial charge in [0.05, 0.1) is 7.11 Å². The Morgan fingerprint density at radius 2 is 2.17 bits per heavy atom. The lowest BCUT2D eigenvalue weighted by Gasteiger charge is -1.97. The van der Waals surface area contributed by atoms with Crippen LogP contribution in [0.5, 0.6) is 6.01 Å². The number of pyridine rings is 1. The van der Waals surface area contributed by atoms with Crippen molar-refractivity contribution in [1.82, 2.24) is 14.6 Å². The van der Waals surface area contributed by atoms with E-state index in [2.05, 4.69) is 10.2 Å². The molecule has 4 nitrogen and oxygen atoms in total. The number of hydrogen-bond acceptors (Lipinski definition) is 3. The molecule has 2 rings (SSSR count). The Hall–Kier alpha value is -1.58. The Labute approximate surface area is 69.8 Å². The Balaban J connectivity index is 2.75. The molecule has 0 bridgehead atoms. The van der Waals surface area contributed by atoms with Crippen molar-refractivity contribution in [1.29, 1.82) is 0 Å². The van der Waals surface area contributed by atoms with Crippen LogP contribution >= 0.6 is 0 Å². The first kappa shape index (κ1) is 7.09. The first-order valence-corrected chi connectivity index (χ1v) is 3.66. The highest BCUT2D eigenvalue weighted by Gasteiger charge is 2.02. The zero-order valence-corrected chi connectivity index (χ0v) is 6.98. The van der Waals surface area contributed by atoms with E-state index in [1.54, 1.807) is 7.11 Å². The predicted octanol–water partition coefficient (Wildman–Crippen LogP) is 1.05. The molecule has 0 aliphatic rings. The first-order valence-electron chi connectivity index (χ1n) is 3.66. The van der Waals surface area contributed by atoms with Crippen LogP contribution in [0.3, 0.4) is 0 Å². The molecule has 0 aliphatic heterocycles. The van der Waals surface area contributed by atoms with Crippen LogP contribution in [-0.2, 0) is 0 Å². The van der Waals surface area contributed by atoms with E-state index in [1.807, 2.05) is 29.7 Å². The fourth-order valence-electron chi connectivity index (χ4n) is 1.12. The summed E-state index contributed by atoms with van der Waals surface area (Å²) in [5.41, 5.74) is 1.96. The Bertz CT molecular complexity index is 408. The van der Waals surface area contributed by atoms with Gasteiger partial charge in [0.2, 0.25) is 0 Å². The molecule has 2 aromatic rings. The quantitative estimate of drug-likeness (QED) is 0.630. The number of hydrogen-bond donors (Lipinski definition) is 0. The van der Waals surface area contributed by atoms with E-state index in [0.29, 0.717) is 6.01 Å². The molecule has 0 saturated heterocycles. The third-order valence-electron chi connectivity index (χ3n) is 1.70. The summed E-state index contributed by atoms with van der Waals surface area (Å²) < 4.78 is 6.83. The van der Waals surface area contributed by atoms with Crippen molar-refractivity contribution in [2.24, 2.45) is 0 Å². The van der Waals surface area contributed by atoms with Gasteiger partial charge in [-0.05, 0) is 18.6 Å². The monoisotopic (exact) mass is 163 g/mol. The van der Waals surface area contributed by atoms with Crippen molar-refractivity contribution >= 4 is 5.65 Å². The van der Waals surface area contributed by atoms with Crippen LogP contribution in [0.4, 0.5) is 0 Å². The maximum Gasteiger partial charge on any atom is 0.321 e. The van der Waals surface area contributed by atoms with Crippen LogP contribution in [-0.4, -0.2) is 21.7 Å². The van der Waals surface area contributed by atoms with Gasteiger partial charge in [-0.25, -0.2) is 0 Å². The summed E-state index contributed by atoms with van der Waals surface area (Å²) in [6, 6.07) is 4.42. The Morgan fingerprint density at radius 1 is 1.33 bits per heavy atom. The average molecular weight is 163 g/mol. The SMILES string of the molecule is COc1nnc2ccc(C)cn12. The Morgan fingerprint density at radius 3 is 2.92 bits per heavy atom. The minimum absolute atomic E-state index is 0.522. The number of aromatic nitrogens is 3. The van der Waals surface area contributed by atoms with E-state index in [-0.39, 0.29) is 0 Å². The van der Waals surface area contributed by atoms with E-state index in [4.69, 9.17) is 4.74 Å². The number of aryl methyl sites for hydroxylation is 1. The maximum absolute atomic E-state index is 5.01. The normalized spacial score (nSPS) is 10.5. The largest absolute Gasteiger partial charge is 0.467 e. The van der Waals surface area contributed by atoms with Crippen molar-refractivity contribution in [2.75, 3.05) is 7.11 Å². The summed E-state index contributed by atoms with van der Waals surface area (Å²) in [4.78, 5) is 0. The highest BCUT2D eigenvalue weighted by molar-refractivity contribution is 5.40. The fourth-order valence-corrected chi connectivity index (χ4v) is 1.12.